The van der Waals surface area contributed by atoms with Crippen molar-refractivity contribution < 1.29 is 52.4 Å². The number of aryl methyl sites for hydroxylation is 1. The topological polar surface area (TPSA) is 86.7 Å². The third-order valence-electron chi connectivity index (χ3n) is 5.67. The molecule has 0 saturated carbocycles. The minimum Gasteiger partial charge on any atom is -0.870 e. The van der Waals surface area contributed by atoms with Gasteiger partial charge in [-0.25, -0.2) is 0 Å². The third-order valence-corrected chi connectivity index (χ3v) is 6.51. The number of hydrogen-bond acceptors (Lipinski definition) is 4. The Balaban J connectivity index is 0.00000544. The second-order valence-corrected chi connectivity index (χ2v) is 9.86. The van der Waals surface area contributed by atoms with E-state index in [0.717, 1.165) is 25.3 Å². The van der Waals surface area contributed by atoms with Crippen LogP contribution in [-0.4, -0.2) is 13.0 Å². The van der Waals surface area contributed by atoms with Crippen molar-refractivity contribution in [1.82, 2.24) is 0 Å². The van der Waals surface area contributed by atoms with Gasteiger partial charge in [0.2, 0.25) is 0 Å². The van der Waals surface area contributed by atoms with Gasteiger partial charge in [-0.2, -0.15) is 8.42 Å². The normalized spacial score (nSPS) is 11.2. The van der Waals surface area contributed by atoms with Crippen molar-refractivity contribution in [2.75, 3.05) is 0 Å². The maximum absolute atomic E-state index is 12.8. The van der Waals surface area contributed by atoms with E-state index in [1.54, 1.807) is 24.3 Å². The van der Waals surface area contributed by atoms with E-state index in [1.807, 2.05) is 6.07 Å². The van der Waals surface area contributed by atoms with Crippen LogP contribution in [0.25, 0.3) is 0 Å². The van der Waals surface area contributed by atoms with Gasteiger partial charge in [0, 0.05) is 6.07 Å². The van der Waals surface area contributed by atoms with Gasteiger partial charge in [-0.3, -0.25) is 4.55 Å². The molecule has 0 radical (unpaired) electrons. The number of para-hydroxylation sites is 1. The van der Waals surface area contributed by atoms with Crippen molar-refractivity contribution in [3.8, 4) is 17.2 Å². The van der Waals surface area contributed by atoms with E-state index in [9.17, 15) is 18.1 Å². The largest absolute Gasteiger partial charge is 1.00 e. The SMILES string of the molecule is CCCCCCCCCCCCCCc1cc(S(=O)(=O)O)cc(Oc2ccccc2)c1[O-].[Na+]. The summed E-state index contributed by atoms with van der Waals surface area (Å²) in [6.07, 6.45) is 15.1. The molecule has 0 spiro atoms. The average Bonchev–Trinajstić information content (AvgIpc) is 2.76. The van der Waals surface area contributed by atoms with Crippen LogP contribution in [0.15, 0.2) is 47.4 Å². The number of ether oxygens (including phenoxy) is 1. The molecule has 0 aliphatic heterocycles. The second kappa shape index (κ2) is 16.6. The number of rotatable bonds is 16. The van der Waals surface area contributed by atoms with Gasteiger partial charge in [0.15, 0.2) is 0 Å². The zero-order chi connectivity index (χ0) is 23.2. The van der Waals surface area contributed by atoms with Gasteiger partial charge in [0.05, 0.1) is 4.90 Å². The monoisotopic (exact) mass is 484 g/mol. The van der Waals surface area contributed by atoms with Crippen molar-refractivity contribution >= 4 is 10.1 Å². The standard InChI is InChI=1S/C26H38O5S.Na/c1-2-3-4-5-6-7-8-9-10-11-12-14-17-22-20-24(32(28,29)30)21-25(26(22)27)31-23-18-15-13-16-19-23;/h13,15-16,18-21,27H,2-12,14,17H2,1H3,(H,28,29,30);/q;+1/p-1. The predicted molar refractivity (Wildman–Crippen MR) is 127 cm³/mol. The molecule has 0 aliphatic rings. The van der Waals surface area contributed by atoms with E-state index in [2.05, 4.69) is 6.92 Å². The summed E-state index contributed by atoms with van der Waals surface area (Å²) in [4.78, 5) is -0.308. The molecule has 0 heterocycles. The van der Waals surface area contributed by atoms with Gasteiger partial charge in [-0.15, -0.1) is 0 Å². The van der Waals surface area contributed by atoms with Crippen LogP contribution in [0.5, 0.6) is 17.2 Å². The zero-order valence-electron chi connectivity index (χ0n) is 20.2. The van der Waals surface area contributed by atoms with E-state index >= 15 is 0 Å². The van der Waals surface area contributed by atoms with Gasteiger partial charge < -0.3 is 9.84 Å². The quantitative estimate of drug-likeness (QED) is 0.221. The third kappa shape index (κ3) is 11.8. The Morgan fingerprint density at radius 1 is 0.818 bits per heavy atom. The zero-order valence-corrected chi connectivity index (χ0v) is 23.0. The molecule has 1 N–H and O–H groups in total. The van der Waals surface area contributed by atoms with Crippen LogP contribution < -0.4 is 39.4 Å². The Labute approximate surface area is 222 Å². The molecule has 0 amide bonds. The molecule has 0 atom stereocenters. The first-order valence-corrected chi connectivity index (χ1v) is 13.4. The van der Waals surface area contributed by atoms with Gasteiger partial charge in [0.1, 0.15) is 11.5 Å². The van der Waals surface area contributed by atoms with Gasteiger partial charge in [0.25, 0.3) is 10.1 Å². The first-order valence-electron chi connectivity index (χ1n) is 12.0. The van der Waals surface area contributed by atoms with Gasteiger partial charge >= 0.3 is 29.6 Å². The van der Waals surface area contributed by atoms with Crippen LogP contribution in [0.4, 0.5) is 0 Å². The Morgan fingerprint density at radius 2 is 1.33 bits per heavy atom. The van der Waals surface area contributed by atoms with E-state index in [-0.39, 0.29) is 46.0 Å². The van der Waals surface area contributed by atoms with Crippen molar-refractivity contribution in [3.05, 3.63) is 48.0 Å². The van der Waals surface area contributed by atoms with Gasteiger partial charge in [-0.1, -0.05) is 107 Å². The average molecular weight is 485 g/mol. The first kappa shape index (κ1) is 30.0. The molecule has 0 bridgehead atoms. The summed E-state index contributed by atoms with van der Waals surface area (Å²) >= 11 is 0. The Bertz CT molecular complexity index is 900. The van der Waals surface area contributed by atoms with Crippen LogP contribution in [-0.2, 0) is 16.5 Å². The van der Waals surface area contributed by atoms with E-state index in [4.69, 9.17) is 4.74 Å². The molecular weight excluding hydrogens is 447 g/mol. The molecule has 178 valence electrons. The molecule has 33 heavy (non-hydrogen) atoms. The molecule has 5 nitrogen and oxygen atoms in total. The summed E-state index contributed by atoms with van der Waals surface area (Å²) in [5.74, 6) is 0.0259. The molecule has 0 aliphatic carbocycles. The van der Waals surface area contributed by atoms with Crippen LogP contribution in [0, 0.1) is 0 Å². The maximum Gasteiger partial charge on any atom is 1.00 e. The Morgan fingerprint density at radius 3 is 1.85 bits per heavy atom. The minimum absolute atomic E-state index is 0. The van der Waals surface area contributed by atoms with Gasteiger partial charge in [-0.05, 0) is 31.0 Å². The smallest absolute Gasteiger partial charge is 0.870 e. The molecule has 0 fully saturated rings. The van der Waals surface area contributed by atoms with Crippen LogP contribution in [0.2, 0.25) is 0 Å². The van der Waals surface area contributed by atoms with E-state index in [0.29, 0.717) is 17.7 Å². The summed E-state index contributed by atoms with van der Waals surface area (Å²) in [6.45, 7) is 2.24. The molecule has 0 unspecified atom stereocenters. The fourth-order valence-corrected chi connectivity index (χ4v) is 4.36. The van der Waals surface area contributed by atoms with Crippen molar-refractivity contribution in [1.29, 1.82) is 0 Å². The molecule has 0 aromatic heterocycles. The van der Waals surface area contributed by atoms with Crippen molar-refractivity contribution in [3.63, 3.8) is 0 Å². The molecule has 0 saturated heterocycles. The fourth-order valence-electron chi connectivity index (χ4n) is 3.81. The number of benzene rings is 2. The maximum atomic E-state index is 12.8. The van der Waals surface area contributed by atoms with Crippen LogP contribution in [0.3, 0.4) is 0 Å². The van der Waals surface area contributed by atoms with Crippen LogP contribution >= 0.6 is 0 Å². The first-order chi connectivity index (χ1) is 15.4. The van der Waals surface area contributed by atoms with Crippen LogP contribution in [0.1, 0.15) is 89.5 Å². The number of hydrogen-bond donors (Lipinski definition) is 1. The fraction of sp³-hybridized carbons (Fsp3) is 0.538. The molecular formula is C26H37NaO5S. The molecule has 2 aromatic rings. The van der Waals surface area contributed by atoms with E-state index in [1.165, 1.54) is 63.9 Å². The summed E-state index contributed by atoms with van der Waals surface area (Å²) in [6, 6.07) is 11.1. The van der Waals surface area contributed by atoms with Crippen molar-refractivity contribution in [2.45, 2.75) is 95.3 Å². The summed E-state index contributed by atoms with van der Waals surface area (Å²) < 4.78 is 38.4. The summed E-state index contributed by atoms with van der Waals surface area (Å²) in [5.41, 5.74) is 0.359. The predicted octanol–water partition coefficient (Wildman–Crippen LogP) is 4.05. The molecule has 2 aromatic carbocycles. The summed E-state index contributed by atoms with van der Waals surface area (Å²) in [5, 5.41) is 12.8. The molecule has 2 rings (SSSR count). The Hall–Kier alpha value is -1.05. The minimum atomic E-state index is -4.43. The van der Waals surface area contributed by atoms with Crippen molar-refractivity contribution in [2.24, 2.45) is 0 Å². The van der Waals surface area contributed by atoms with E-state index < -0.39 is 10.1 Å². The molecule has 7 heteroatoms. The summed E-state index contributed by atoms with van der Waals surface area (Å²) in [7, 11) is -4.43. The number of unbranched alkanes of at least 4 members (excludes halogenated alkanes) is 11. The Kier molecular flexibility index (Phi) is 15.0. The second-order valence-electron chi connectivity index (χ2n) is 8.44.